The molecular weight excluding hydrogens is 228 g/mol. The Morgan fingerprint density at radius 3 is 2.89 bits per heavy atom. The van der Waals surface area contributed by atoms with Crippen LogP contribution in [0, 0.1) is 11.3 Å². The van der Waals surface area contributed by atoms with E-state index >= 15 is 0 Å². The zero-order chi connectivity index (χ0) is 13.0. The molecular formula is C13H14N4O. The van der Waals surface area contributed by atoms with E-state index in [1.165, 1.54) is 0 Å². The minimum absolute atomic E-state index is 0.572. The van der Waals surface area contributed by atoms with E-state index in [0.29, 0.717) is 12.1 Å². The summed E-state index contributed by atoms with van der Waals surface area (Å²) in [6, 6.07) is 9.39. The summed E-state index contributed by atoms with van der Waals surface area (Å²) < 4.78 is 6.89. The molecule has 1 aromatic heterocycles. The second-order valence-electron chi connectivity index (χ2n) is 3.86. The van der Waals surface area contributed by atoms with Gasteiger partial charge in [-0.25, -0.2) is 0 Å². The Labute approximate surface area is 106 Å². The van der Waals surface area contributed by atoms with E-state index in [1.54, 1.807) is 23.9 Å². The summed E-state index contributed by atoms with van der Waals surface area (Å²) in [6.45, 7) is 0.572. The quantitative estimate of drug-likeness (QED) is 0.889. The van der Waals surface area contributed by atoms with Crippen molar-refractivity contribution in [3.05, 3.63) is 41.7 Å². The van der Waals surface area contributed by atoms with Crippen LogP contribution in [0.4, 0.5) is 5.69 Å². The number of nitrogens with one attached hydrogen (secondary N) is 1. The highest BCUT2D eigenvalue weighted by molar-refractivity contribution is 5.60. The minimum atomic E-state index is 0.572. The third-order valence-electron chi connectivity index (χ3n) is 2.58. The number of nitriles is 1. The first-order valence-corrected chi connectivity index (χ1v) is 5.53. The molecule has 5 heteroatoms. The average molecular weight is 242 g/mol. The van der Waals surface area contributed by atoms with Crippen molar-refractivity contribution >= 4 is 5.69 Å². The van der Waals surface area contributed by atoms with Gasteiger partial charge in [0.05, 0.1) is 30.6 Å². The Hall–Kier alpha value is -2.48. The molecule has 0 radical (unpaired) electrons. The van der Waals surface area contributed by atoms with Crippen LogP contribution in [0.3, 0.4) is 0 Å². The maximum atomic E-state index is 9.03. The number of aryl methyl sites for hydroxylation is 1. The van der Waals surface area contributed by atoms with Gasteiger partial charge in [-0.2, -0.15) is 10.4 Å². The van der Waals surface area contributed by atoms with Crippen LogP contribution >= 0.6 is 0 Å². The summed E-state index contributed by atoms with van der Waals surface area (Å²) in [6.07, 6.45) is 1.88. The molecule has 0 atom stereocenters. The van der Waals surface area contributed by atoms with E-state index in [0.717, 1.165) is 17.1 Å². The van der Waals surface area contributed by atoms with Crippen LogP contribution in [-0.4, -0.2) is 16.9 Å². The Morgan fingerprint density at radius 1 is 1.44 bits per heavy atom. The van der Waals surface area contributed by atoms with Crippen LogP contribution in [0.15, 0.2) is 30.5 Å². The van der Waals surface area contributed by atoms with Gasteiger partial charge in [-0.1, -0.05) is 0 Å². The lowest BCUT2D eigenvalue weighted by Gasteiger charge is -2.08. The van der Waals surface area contributed by atoms with E-state index in [9.17, 15) is 0 Å². The normalized spacial score (nSPS) is 9.83. The van der Waals surface area contributed by atoms with Gasteiger partial charge in [-0.3, -0.25) is 4.68 Å². The van der Waals surface area contributed by atoms with Crippen LogP contribution in [0.5, 0.6) is 5.75 Å². The van der Waals surface area contributed by atoms with Crippen molar-refractivity contribution in [2.75, 3.05) is 12.4 Å². The highest BCUT2D eigenvalue weighted by Crippen LogP contribution is 2.22. The molecule has 1 heterocycles. The summed E-state index contributed by atoms with van der Waals surface area (Å²) in [5.74, 6) is 0.720. The molecule has 0 fully saturated rings. The maximum Gasteiger partial charge on any atom is 0.121 e. The Kier molecular flexibility index (Phi) is 3.49. The van der Waals surface area contributed by atoms with Gasteiger partial charge in [0.25, 0.3) is 0 Å². The molecule has 5 nitrogen and oxygen atoms in total. The second-order valence-corrected chi connectivity index (χ2v) is 3.86. The van der Waals surface area contributed by atoms with E-state index in [-0.39, 0.29) is 0 Å². The zero-order valence-electron chi connectivity index (χ0n) is 10.3. The molecule has 0 unspecified atom stereocenters. The summed E-state index contributed by atoms with van der Waals surface area (Å²) in [5, 5.41) is 16.5. The number of hydrogen-bond donors (Lipinski definition) is 1. The molecule has 0 bridgehead atoms. The lowest BCUT2D eigenvalue weighted by Crippen LogP contribution is -2.03. The maximum absolute atomic E-state index is 9.03. The number of hydrogen-bond acceptors (Lipinski definition) is 4. The molecule has 0 aliphatic rings. The van der Waals surface area contributed by atoms with Crippen LogP contribution in [0.1, 0.15) is 11.3 Å². The van der Waals surface area contributed by atoms with Gasteiger partial charge < -0.3 is 10.1 Å². The Morgan fingerprint density at radius 2 is 2.28 bits per heavy atom. The van der Waals surface area contributed by atoms with Crippen LogP contribution in [-0.2, 0) is 13.6 Å². The van der Waals surface area contributed by atoms with Gasteiger partial charge in [0.2, 0.25) is 0 Å². The Bertz CT molecular complexity index is 583. The fraction of sp³-hybridized carbons (Fsp3) is 0.231. The average Bonchev–Trinajstić information content (AvgIpc) is 2.81. The zero-order valence-corrected chi connectivity index (χ0v) is 10.3. The molecule has 92 valence electrons. The number of benzene rings is 1. The molecule has 2 rings (SSSR count). The number of anilines is 1. The first kappa shape index (κ1) is 12.0. The van der Waals surface area contributed by atoms with Crippen molar-refractivity contribution in [1.29, 1.82) is 5.26 Å². The molecule has 1 aromatic carbocycles. The fourth-order valence-corrected chi connectivity index (χ4v) is 1.64. The van der Waals surface area contributed by atoms with E-state index in [1.807, 2.05) is 25.4 Å². The number of rotatable bonds is 4. The number of nitrogens with zero attached hydrogens (tertiary/aromatic N) is 3. The molecule has 18 heavy (non-hydrogen) atoms. The lowest BCUT2D eigenvalue weighted by molar-refractivity contribution is 0.415. The summed E-state index contributed by atoms with van der Waals surface area (Å²) >= 11 is 0. The van der Waals surface area contributed by atoms with Crippen LogP contribution in [0.2, 0.25) is 0 Å². The van der Waals surface area contributed by atoms with Gasteiger partial charge >= 0.3 is 0 Å². The molecule has 1 N–H and O–H groups in total. The van der Waals surface area contributed by atoms with Crippen molar-refractivity contribution in [3.63, 3.8) is 0 Å². The summed E-state index contributed by atoms with van der Waals surface area (Å²) in [7, 11) is 3.47. The summed E-state index contributed by atoms with van der Waals surface area (Å²) in [5.41, 5.74) is 2.26. The predicted octanol–water partition coefficient (Wildman–Crippen LogP) is 1.91. The van der Waals surface area contributed by atoms with Gasteiger partial charge in [-0.15, -0.1) is 0 Å². The van der Waals surface area contributed by atoms with Crippen molar-refractivity contribution < 1.29 is 4.74 Å². The first-order valence-electron chi connectivity index (χ1n) is 5.53. The van der Waals surface area contributed by atoms with Crippen LogP contribution < -0.4 is 10.1 Å². The van der Waals surface area contributed by atoms with Crippen molar-refractivity contribution in [2.45, 2.75) is 6.54 Å². The lowest BCUT2D eigenvalue weighted by atomic mass is 10.2. The topological polar surface area (TPSA) is 62.9 Å². The Balaban J connectivity index is 2.15. The number of ether oxygens (including phenoxy) is 1. The number of aromatic nitrogens is 2. The fourth-order valence-electron chi connectivity index (χ4n) is 1.64. The molecule has 0 saturated carbocycles. The molecule has 0 aliphatic heterocycles. The first-order chi connectivity index (χ1) is 8.72. The van der Waals surface area contributed by atoms with E-state index in [4.69, 9.17) is 10.00 Å². The standard InChI is InChI=1S/C13H14N4O/c1-17-6-5-11(16-17)9-15-13-7-12(18-2)4-3-10(13)8-14/h3-7,15H,9H2,1-2H3. The molecule has 0 spiro atoms. The third kappa shape index (κ3) is 2.61. The monoisotopic (exact) mass is 242 g/mol. The molecule has 0 amide bonds. The second kappa shape index (κ2) is 5.23. The number of methoxy groups -OCH3 is 1. The van der Waals surface area contributed by atoms with Gasteiger partial charge in [-0.05, 0) is 18.2 Å². The largest absolute Gasteiger partial charge is 0.497 e. The predicted molar refractivity (Wildman–Crippen MR) is 68.2 cm³/mol. The van der Waals surface area contributed by atoms with Gasteiger partial charge in [0.15, 0.2) is 0 Å². The van der Waals surface area contributed by atoms with Crippen LogP contribution in [0.25, 0.3) is 0 Å². The van der Waals surface area contributed by atoms with Crippen molar-refractivity contribution in [1.82, 2.24) is 9.78 Å². The molecule has 2 aromatic rings. The van der Waals surface area contributed by atoms with Gasteiger partial charge in [0, 0.05) is 19.3 Å². The smallest absolute Gasteiger partial charge is 0.121 e. The highest BCUT2D eigenvalue weighted by Gasteiger charge is 2.04. The highest BCUT2D eigenvalue weighted by atomic mass is 16.5. The minimum Gasteiger partial charge on any atom is -0.497 e. The van der Waals surface area contributed by atoms with Crippen molar-refractivity contribution in [2.24, 2.45) is 7.05 Å². The molecule has 0 saturated heterocycles. The van der Waals surface area contributed by atoms with E-state index < -0.39 is 0 Å². The molecule has 0 aliphatic carbocycles. The SMILES string of the molecule is COc1ccc(C#N)c(NCc2ccn(C)n2)c1. The van der Waals surface area contributed by atoms with Gasteiger partial charge in [0.1, 0.15) is 11.8 Å². The summed E-state index contributed by atoms with van der Waals surface area (Å²) in [4.78, 5) is 0. The van der Waals surface area contributed by atoms with Crippen molar-refractivity contribution in [3.8, 4) is 11.8 Å². The third-order valence-corrected chi connectivity index (χ3v) is 2.58. The van der Waals surface area contributed by atoms with E-state index in [2.05, 4.69) is 16.5 Å².